The Balaban J connectivity index is 2.66. The summed E-state index contributed by atoms with van der Waals surface area (Å²) in [5.41, 5.74) is -0.486. The molecule has 5 heteroatoms. The highest BCUT2D eigenvalue weighted by molar-refractivity contribution is 6.34. The Hall–Kier alpha value is -1.13. The molecular weight excluding hydrogens is 232 g/mol. The fraction of sp³-hybridized carbons (Fsp3) is 0.455. The number of hydrogen-bond acceptors (Lipinski definition) is 4. The number of hydrogen-bond donors (Lipinski definition) is 1. The molecule has 0 atom stereocenters. The van der Waals surface area contributed by atoms with Crippen molar-refractivity contribution in [3.63, 3.8) is 0 Å². The van der Waals surface area contributed by atoms with Crippen LogP contribution in [-0.4, -0.2) is 19.0 Å². The Labute approximate surface area is 98.7 Å². The Morgan fingerprint density at radius 2 is 2.12 bits per heavy atom. The summed E-state index contributed by atoms with van der Waals surface area (Å²) in [7, 11) is 1.50. The quantitative estimate of drug-likeness (QED) is 0.867. The van der Waals surface area contributed by atoms with Crippen LogP contribution in [0.5, 0.6) is 17.2 Å². The van der Waals surface area contributed by atoms with Gasteiger partial charge in [-0.05, 0) is 19.9 Å². The number of halogens is 1. The maximum Gasteiger partial charge on any atom is 0.231 e. The molecule has 0 radical (unpaired) electrons. The van der Waals surface area contributed by atoms with E-state index in [0.717, 1.165) is 0 Å². The molecule has 0 unspecified atom stereocenters. The van der Waals surface area contributed by atoms with Crippen LogP contribution in [0.2, 0.25) is 5.02 Å². The molecule has 0 saturated heterocycles. The summed E-state index contributed by atoms with van der Waals surface area (Å²) in [6.07, 6.45) is 0. The second-order valence-corrected chi connectivity index (χ2v) is 4.44. The predicted octanol–water partition coefficient (Wildman–Crippen LogP) is 2.30. The number of fused-ring (bicyclic) bond motifs is 1. The van der Waals surface area contributed by atoms with E-state index >= 15 is 0 Å². The van der Waals surface area contributed by atoms with Gasteiger partial charge in [0.2, 0.25) is 6.79 Å². The number of methoxy groups -OCH3 is 1. The SMILES string of the molecule is COc1c(C(C)(C)O)cc2c(c1Cl)OCO2. The Morgan fingerprint density at radius 3 is 2.69 bits per heavy atom. The maximum atomic E-state index is 10.0. The Morgan fingerprint density at radius 1 is 1.44 bits per heavy atom. The molecule has 0 aliphatic carbocycles. The summed E-state index contributed by atoms with van der Waals surface area (Å²) < 4.78 is 15.7. The van der Waals surface area contributed by atoms with Crippen molar-refractivity contribution in [1.29, 1.82) is 0 Å². The molecule has 1 heterocycles. The summed E-state index contributed by atoms with van der Waals surface area (Å²) in [6, 6.07) is 1.69. The lowest BCUT2D eigenvalue weighted by Crippen LogP contribution is -2.17. The molecule has 2 rings (SSSR count). The fourth-order valence-electron chi connectivity index (χ4n) is 1.64. The fourth-order valence-corrected chi connectivity index (χ4v) is 1.97. The van der Waals surface area contributed by atoms with Crippen molar-refractivity contribution >= 4 is 11.6 Å². The standard InChI is InChI=1S/C11H13ClO4/c1-11(2,13)6-4-7-10(16-5-15-7)8(12)9(6)14-3/h4,13H,5H2,1-3H3. The number of rotatable bonds is 2. The summed E-state index contributed by atoms with van der Waals surface area (Å²) in [4.78, 5) is 0. The highest BCUT2D eigenvalue weighted by Gasteiger charge is 2.30. The van der Waals surface area contributed by atoms with Gasteiger partial charge in [0.15, 0.2) is 11.5 Å². The van der Waals surface area contributed by atoms with Gasteiger partial charge in [-0.15, -0.1) is 0 Å². The van der Waals surface area contributed by atoms with Crippen LogP contribution in [0.15, 0.2) is 6.07 Å². The summed E-state index contributed by atoms with van der Waals surface area (Å²) in [6.45, 7) is 3.44. The van der Waals surface area contributed by atoms with Gasteiger partial charge in [-0.25, -0.2) is 0 Å². The monoisotopic (exact) mass is 244 g/mol. The third kappa shape index (κ3) is 1.68. The summed E-state index contributed by atoms with van der Waals surface area (Å²) >= 11 is 6.12. The van der Waals surface area contributed by atoms with Gasteiger partial charge in [-0.2, -0.15) is 0 Å². The zero-order valence-corrected chi connectivity index (χ0v) is 10.1. The lowest BCUT2D eigenvalue weighted by atomic mass is 9.96. The van der Waals surface area contributed by atoms with Crippen molar-refractivity contribution in [3.8, 4) is 17.2 Å². The first kappa shape index (κ1) is 11.4. The molecular formula is C11H13ClO4. The van der Waals surface area contributed by atoms with Crippen LogP contribution in [-0.2, 0) is 5.60 Å². The molecule has 0 aromatic heterocycles. The van der Waals surface area contributed by atoms with E-state index in [4.69, 9.17) is 25.8 Å². The van der Waals surface area contributed by atoms with Gasteiger partial charge >= 0.3 is 0 Å². The van der Waals surface area contributed by atoms with E-state index in [1.54, 1.807) is 19.9 Å². The molecule has 0 spiro atoms. The smallest absolute Gasteiger partial charge is 0.231 e. The maximum absolute atomic E-state index is 10.0. The zero-order valence-electron chi connectivity index (χ0n) is 9.33. The lowest BCUT2D eigenvalue weighted by Gasteiger charge is -2.22. The highest BCUT2D eigenvalue weighted by Crippen LogP contribution is 2.48. The van der Waals surface area contributed by atoms with Crippen LogP contribution in [0, 0.1) is 0 Å². The van der Waals surface area contributed by atoms with Gasteiger partial charge in [0.1, 0.15) is 10.8 Å². The molecule has 0 saturated carbocycles. The van der Waals surface area contributed by atoms with Gasteiger partial charge in [-0.1, -0.05) is 11.6 Å². The van der Waals surface area contributed by atoms with Gasteiger partial charge in [0.05, 0.1) is 12.7 Å². The number of ether oxygens (including phenoxy) is 3. The van der Waals surface area contributed by atoms with Crippen molar-refractivity contribution in [1.82, 2.24) is 0 Å². The van der Waals surface area contributed by atoms with Crippen LogP contribution in [0.4, 0.5) is 0 Å². The molecule has 1 aromatic rings. The van der Waals surface area contributed by atoms with Crippen molar-refractivity contribution < 1.29 is 19.3 Å². The molecule has 1 aliphatic heterocycles. The first-order valence-corrected chi connectivity index (χ1v) is 5.22. The van der Waals surface area contributed by atoms with Gasteiger partial charge < -0.3 is 19.3 Å². The Kier molecular flexibility index (Phi) is 2.64. The largest absolute Gasteiger partial charge is 0.495 e. The van der Waals surface area contributed by atoms with Crippen molar-refractivity contribution in [2.45, 2.75) is 19.4 Å². The second kappa shape index (κ2) is 3.71. The molecule has 0 fully saturated rings. The predicted molar refractivity (Wildman–Crippen MR) is 59.4 cm³/mol. The highest BCUT2D eigenvalue weighted by atomic mass is 35.5. The number of aliphatic hydroxyl groups is 1. The zero-order chi connectivity index (χ0) is 11.9. The average molecular weight is 245 g/mol. The molecule has 0 amide bonds. The van der Waals surface area contributed by atoms with E-state index in [-0.39, 0.29) is 6.79 Å². The van der Waals surface area contributed by atoms with E-state index < -0.39 is 5.60 Å². The van der Waals surface area contributed by atoms with E-state index in [1.807, 2.05) is 0 Å². The minimum absolute atomic E-state index is 0.132. The molecule has 1 aliphatic rings. The van der Waals surface area contributed by atoms with Crippen LogP contribution >= 0.6 is 11.6 Å². The minimum atomic E-state index is -1.06. The lowest BCUT2D eigenvalue weighted by molar-refractivity contribution is 0.0754. The van der Waals surface area contributed by atoms with E-state index in [1.165, 1.54) is 7.11 Å². The van der Waals surface area contributed by atoms with Crippen molar-refractivity contribution in [2.24, 2.45) is 0 Å². The van der Waals surface area contributed by atoms with Gasteiger partial charge in [-0.3, -0.25) is 0 Å². The van der Waals surface area contributed by atoms with E-state index in [2.05, 4.69) is 0 Å². The second-order valence-electron chi connectivity index (χ2n) is 4.06. The third-order valence-electron chi connectivity index (χ3n) is 2.42. The third-order valence-corrected chi connectivity index (χ3v) is 2.77. The topological polar surface area (TPSA) is 47.9 Å². The molecule has 4 nitrogen and oxygen atoms in total. The summed E-state index contributed by atoms with van der Waals surface area (Å²) in [5.74, 6) is 1.41. The molecule has 1 aromatic carbocycles. The Bertz CT molecular complexity index is 423. The molecule has 16 heavy (non-hydrogen) atoms. The molecule has 88 valence electrons. The van der Waals surface area contributed by atoms with E-state index in [0.29, 0.717) is 27.8 Å². The van der Waals surface area contributed by atoms with Crippen LogP contribution in [0.25, 0.3) is 0 Å². The summed E-state index contributed by atoms with van der Waals surface area (Å²) in [5, 5.41) is 10.3. The first-order valence-electron chi connectivity index (χ1n) is 4.84. The molecule has 0 bridgehead atoms. The first-order chi connectivity index (χ1) is 7.45. The average Bonchev–Trinajstić information content (AvgIpc) is 2.64. The van der Waals surface area contributed by atoms with Crippen molar-refractivity contribution in [3.05, 3.63) is 16.7 Å². The molecule has 1 N–H and O–H groups in total. The minimum Gasteiger partial charge on any atom is -0.495 e. The van der Waals surface area contributed by atoms with Crippen LogP contribution in [0.3, 0.4) is 0 Å². The number of benzene rings is 1. The van der Waals surface area contributed by atoms with E-state index in [9.17, 15) is 5.11 Å². The normalized spacial score (nSPS) is 14.1. The van der Waals surface area contributed by atoms with Crippen LogP contribution in [0.1, 0.15) is 19.4 Å². The van der Waals surface area contributed by atoms with Crippen molar-refractivity contribution in [2.75, 3.05) is 13.9 Å². The van der Waals surface area contributed by atoms with Gasteiger partial charge in [0, 0.05) is 5.56 Å². The van der Waals surface area contributed by atoms with Crippen LogP contribution < -0.4 is 14.2 Å². The van der Waals surface area contributed by atoms with Gasteiger partial charge in [0.25, 0.3) is 0 Å².